The molecular formula is C11H20N2O. The Bertz CT molecular complexity index is 199. The summed E-state index contributed by atoms with van der Waals surface area (Å²) in [5.41, 5.74) is 0. The molecule has 1 saturated heterocycles. The molecule has 1 fully saturated rings. The van der Waals surface area contributed by atoms with Crippen molar-refractivity contribution >= 4 is 0 Å². The molecule has 0 amide bonds. The van der Waals surface area contributed by atoms with Crippen LogP contribution >= 0.6 is 0 Å². The minimum Gasteiger partial charge on any atom is -0.374 e. The van der Waals surface area contributed by atoms with E-state index < -0.39 is 0 Å². The lowest BCUT2D eigenvalue weighted by atomic mass is 10.1. The van der Waals surface area contributed by atoms with Crippen molar-refractivity contribution in [3.05, 3.63) is 12.2 Å². The summed E-state index contributed by atoms with van der Waals surface area (Å²) >= 11 is 0. The molecular weight excluding hydrogens is 176 g/mol. The van der Waals surface area contributed by atoms with E-state index >= 15 is 0 Å². The third-order valence-electron chi connectivity index (χ3n) is 3.00. The van der Waals surface area contributed by atoms with Crippen molar-refractivity contribution in [1.82, 2.24) is 10.6 Å². The van der Waals surface area contributed by atoms with E-state index in [1.165, 1.54) is 12.8 Å². The van der Waals surface area contributed by atoms with Gasteiger partial charge in [-0.3, -0.25) is 0 Å². The topological polar surface area (TPSA) is 33.3 Å². The Morgan fingerprint density at radius 3 is 3.14 bits per heavy atom. The summed E-state index contributed by atoms with van der Waals surface area (Å²) in [5.74, 6) is 0. The van der Waals surface area contributed by atoms with E-state index in [-0.39, 0.29) is 0 Å². The van der Waals surface area contributed by atoms with Crippen molar-refractivity contribution in [2.75, 3.05) is 19.7 Å². The molecule has 0 aromatic rings. The van der Waals surface area contributed by atoms with Gasteiger partial charge in [-0.15, -0.1) is 0 Å². The predicted molar refractivity (Wildman–Crippen MR) is 57.4 cm³/mol. The fraction of sp³-hybridized carbons (Fsp3) is 0.818. The molecule has 2 N–H and O–H groups in total. The van der Waals surface area contributed by atoms with Crippen LogP contribution in [0.3, 0.4) is 0 Å². The van der Waals surface area contributed by atoms with Crippen LogP contribution in [0.2, 0.25) is 0 Å². The molecule has 1 aliphatic heterocycles. The number of rotatable bonds is 3. The molecule has 0 aromatic heterocycles. The van der Waals surface area contributed by atoms with Gasteiger partial charge >= 0.3 is 0 Å². The van der Waals surface area contributed by atoms with Gasteiger partial charge in [-0.2, -0.15) is 0 Å². The van der Waals surface area contributed by atoms with Crippen LogP contribution in [0.1, 0.15) is 19.8 Å². The molecule has 1 aliphatic carbocycles. The smallest absolute Gasteiger partial charge is 0.0850 e. The average molecular weight is 196 g/mol. The zero-order valence-corrected chi connectivity index (χ0v) is 8.83. The van der Waals surface area contributed by atoms with Crippen LogP contribution in [0.15, 0.2) is 12.2 Å². The van der Waals surface area contributed by atoms with Gasteiger partial charge < -0.3 is 15.4 Å². The van der Waals surface area contributed by atoms with E-state index in [1.807, 2.05) is 0 Å². The van der Waals surface area contributed by atoms with Gasteiger partial charge in [-0.25, -0.2) is 0 Å². The van der Waals surface area contributed by atoms with E-state index in [9.17, 15) is 0 Å². The van der Waals surface area contributed by atoms with E-state index in [4.69, 9.17) is 4.74 Å². The Kier molecular flexibility index (Phi) is 3.56. The summed E-state index contributed by atoms with van der Waals surface area (Å²) in [4.78, 5) is 0. The SMILES string of the molecule is CC(NC1C=CCC1)C1CNCCO1. The number of hydrogen-bond acceptors (Lipinski definition) is 3. The molecule has 3 unspecified atom stereocenters. The zero-order valence-electron chi connectivity index (χ0n) is 8.83. The highest BCUT2D eigenvalue weighted by Crippen LogP contribution is 2.11. The predicted octanol–water partition coefficient (Wildman–Crippen LogP) is 0.671. The summed E-state index contributed by atoms with van der Waals surface area (Å²) < 4.78 is 5.70. The first-order valence-electron chi connectivity index (χ1n) is 5.61. The molecule has 14 heavy (non-hydrogen) atoms. The number of hydrogen-bond donors (Lipinski definition) is 2. The average Bonchev–Trinajstić information content (AvgIpc) is 2.72. The maximum atomic E-state index is 5.70. The van der Waals surface area contributed by atoms with Crippen molar-refractivity contribution in [2.45, 2.75) is 38.0 Å². The Morgan fingerprint density at radius 1 is 1.57 bits per heavy atom. The highest BCUT2D eigenvalue weighted by atomic mass is 16.5. The Labute approximate surface area is 85.9 Å². The van der Waals surface area contributed by atoms with Crippen LogP contribution in [0, 0.1) is 0 Å². The first kappa shape index (κ1) is 10.1. The third kappa shape index (κ3) is 2.56. The second kappa shape index (κ2) is 4.91. The molecule has 0 saturated carbocycles. The molecule has 1 heterocycles. The van der Waals surface area contributed by atoms with Crippen molar-refractivity contribution in [3.63, 3.8) is 0 Å². The molecule has 3 atom stereocenters. The number of allylic oxidation sites excluding steroid dienone is 1. The van der Waals surface area contributed by atoms with E-state index in [1.54, 1.807) is 0 Å². The third-order valence-corrected chi connectivity index (χ3v) is 3.00. The van der Waals surface area contributed by atoms with Gasteiger partial charge in [0.25, 0.3) is 0 Å². The molecule has 3 nitrogen and oxygen atoms in total. The molecule has 2 aliphatic rings. The van der Waals surface area contributed by atoms with Gasteiger partial charge in [0.1, 0.15) is 0 Å². The van der Waals surface area contributed by atoms with Gasteiger partial charge in [0.2, 0.25) is 0 Å². The minimum atomic E-state index is 0.331. The minimum absolute atomic E-state index is 0.331. The van der Waals surface area contributed by atoms with Crippen LogP contribution in [-0.2, 0) is 4.74 Å². The van der Waals surface area contributed by atoms with Gasteiger partial charge in [-0.05, 0) is 19.8 Å². The van der Waals surface area contributed by atoms with Crippen LogP contribution in [0.4, 0.5) is 0 Å². The molecule has 80 valence electrons. The Balaban J connectivity index is 1.75. The fourth-order valence-corrected chi connectivity index (χ4v) is 2.12. The van der Waals surface area contributed by atoms with Gasteiger partial charge in [-0.1, -0.05) is 12.2 Å². The quantitative estimate of drug-likeness (QED) is 0.651. The van der Waals surface area contributed by atoms with Crippen molar-refractivity contribution in [1.29, 1.82) is 0 Å². The number of morpholine rings is 1. The molecule has 3 heteroatoms. The van der Waals surface area contributed by atoms with Gasteiger partial charge in [0.05, 0.1) is 12.7 Å². The van der Waals surface area contributed by atoms with Crippen molar-refractivity contribution in [2.24, 2.45) is 0 Å². The van der Waals surface area contributed by atoms with Crippen LogP contribution in [0.25, 0.3) is 0 Å². The largest absolute Gasteiger partial charge is 0.374 e. The summed E-state index contributed by atoms with van der Waals surface area (Å²) in [7, 11) is 0. The molecule has 0 spiro atoms. The summed E-state index contributed by atoms with van der Waals surface area (Å²) in [5, 5.41) is 6.95. The van der Waals surface area contributed by atoms with Gasteiger partial charge in [0, 0.05) is 25.2 Å². The zero-order chi connectivity index (χ0) is 9.80. The highest BCUT2D eigenvalue weighted by Gasteiger charge is 2.22. The monoisotopic (exact) mass is 196 g/mol. The van der Waals surface area contributed by atoms with Crippen LogP contribution < -0.4 is 10.6 Å². The van der Waals surface area contributed by atoms with Gasteiger partial charge in [0.15, 0.2) is 0 Å². The van der Waals surface area contributed by atoms with Crippen molar-refractivity contribution in [3.8, 4) is 0 Å². The Hall–Kier alpha value is -0.380. The number of nitrogens with one attached hydrogen (secondary N) is 2. The first-order chi connectivity index (χ1) is 6.86. The van der Waals surface area contributed by atoms with E-state index in [0.717, 1.165) is 19.7 Å². The van der Waals surface area contributed by atoms with E-state index in [0.29, 0.717) is 18.2 Å². The molecule has 0 bridgehead atoms. The summed E-state index contributed by atoms with van der Waals surface area (Å²) in [6, 6.07) is 1.01. The maximum Gasteiger partial charge on any atom is 0.0850 e. The van der Waals surface area contributed by atoms with E-state index in [2.05, 4.69) is 29.7 Å². The molecule has 0 aromatic carbocycles. The van der Waals surface area contributed by atoms with Crippen LogP contribution in [0.5, 0.6) is 0 Å². The maximum absolute atomic E-state index is 5.70. The number of ether oxygens (including phenoxy) is 1. The summed E-state index contributed by atoms with van der Waals surface area (Å²) in [6.45, 7) is 5.03. The van der Waals surface area contributed by atoms with Crippen molar-refractivity contribution < 1.29 is 4.74 Å². The Morgan fingerprint density at radius 2 is 2.50 bits per heavy atom. The summed E-state index contributed by atoms with van der Waals surface area (Å²) in [6.07, 6.45) is 7.31. The highest BCUT2D eigenvalue weighted by molar-refractivity contribution is 5.02. The molecule has 2 rings (SSSR count). The second-order valence-electron chi connectivity index (χ2n) is 4.18. The first-order valence-corrected chi connectivity index (χ1v) is 5.61. The standard InChI is InChI=1S/C11H20N2O/c1-9(11-8-12-6-7-14-11)13-10-4-2-3-5-10/h2,4,9-13H,3,5-8H2,1H3. The lowest BCUT2D eigenvalue weighted by Gasteiger charge is -2.30. The lowest BCUT2D eigenvalue weighted by molar-refractivity contribution is 0.00695. The fourth-order valence-electron chi connectivity index (χ4n) is 2.12. The normalized spacial score (nSPS) is 34.6. The lowest BCUT2D eigenvalue weighted by Crippen LogP contribution is -2.51. The van der Waals surface area contributed by atoms with Crippen LogP contribution in [-0.4, -0.2) is 37.9 Å². The molecule has 0 radical (unpaired) electrons. The second-order valence-corrected chi connectivity index (χ2v) is 4.18.